The highest BCUT2D eigenvalue weighted by Crippen LogP contribution is 2.22. The molecule has 0 N–H and O–H groups in total. The third-order valence-corrected chi connectivity index (χ3v) is 4.29. The van der Waals surface area contributed by atoms with Crippen molar-refractivity contribution < 1.29 is 14.3 Å². The van der Waals surface area contributed by atoms with Crippen LogP contribution in [0.2, 0.25) is 0 Å². The van der Waals surface area contributed by atoms with Gasteiger partial charge >= 0.3 is 5.97 Å². The van der Waals surface area contributed by atoms with Crippen LogP contribution in [0, 0.1) is 5.92 Å². The summed E-state index contributed by atoms with van der Waals surface area (Å²) in [7, 11) is 0. The van der Waals surface area contributed by atoms with Gasteiger partial charge < -0.3 is 9.47 Å². The molecule has 21 heavy (non-hydrogen) atoms. The summed E-state index contributed by atoms with van der Waals surface area (Å²) in [5.41, 5.74) is -0.0335. The van der Waals surface area contributed by atoms with Crippen LogP contribution >= 0.6 is 0 Å². The van der Waals surface area contributed by atoms with E-state index in [1.165, 1.54) is 19.3 Å². The molecule has 0 aliphatic carbocycles. The molecule has 0 aromatic heterocycles. The van der Waals surface area contributed by atoms with Crippen molar-refractivity contribution in [1.82, 2.24) is 0 Å². The fourth-order valence-corrected chi connectivity index (χ4v) is 2.84. The third-order valence-electron chi connectivity index (χ3n) is 4.29. The number of ether oxygens (including phenoxy) is 2. The molecule has 124 valence electrons. The molecule has 0 saturated carbocycles. The summed E-state index contributed by atoms with van der Waals surface area (Å²) in [6.45, 7) is 7.98. The molecule has 3 nitrogen and oxygen atoms in total. The highest BCUT2D eigenvalue weighted by Gasteiger charge is 2.19. The molecule has 1 saturated heterocycles. The molecule has 1 aliphatic rings. The van der Waals surface area contributed by atoms with Gasteiger partial charge in [0.15, 0.2) is 0 Å². The zero-order valence-corrected chi connectivity index (χ0v) is 14.3. The van der Waals surface area contributed by atoms with Crippen molar-refractivity contribution in [2.24, 2.45) is 5.92 Å². The van der Waals surface area contributed by atoms with Crippen molar-refractivity contribution in [3.63, 3.8) is 0 Å². The van der Waals surface area contributed by atoms with E-state index in [-0.39, 0.29) is 11.6 Å². The number of rotatable bonds is 0. The van der Waals surface area contributed by atoms with Crippen LogP contribution in [0.25, 0.3) is 0 Å². The van der Waals surface area contributed by atoms with Crippen molar-refractivity contribution in [3.05, 3.63) is 0 Å². The van der Waals surface area contributed by atoms with E-state index < -0.39 is 0 Å². The average Bonchev–Trinajstić information content (AvgIpc) is 2.39. The van der Waals surface area contributed by atoms with E-state index in [4.69, 9.17) is 9.47 Å². The van der Waals surface area contributed by atoms with Gasteiger partial charge in [-0.3, -0.25) is 4.79 Å². The van der Waals surface area contributed by atoms with Crippen LogP contribution in [0.15, 0.2) is 0 Å². The smallest absolute Gasteiger partial charge is 0.306 e. The largest absolute Gasteiger partial charge is 0.466 e. The maximum absolute atomic E-state index is 11.7. The summed E-state index contributed by atoms with van der Waals surface area (Å²) >= 11 is 0. The molecule has 0 aromatic rings. The van der Waals surface area contributed by atoms with Crippen LogP contribution in [-0.2, 0) is 14.3 Å². The lowest BCUT2D eigenvalue weighted by Gasteiger charge is -2.26. The Balaban J connectivity index is 2.38. The van der Waals surface area contributed by atoms with Crippen LogP contribution in [0.4, 0.5) is 0 Å². The van der Waals surface area contributed by atoms with Crippen molar-refractivity contribution in [1.29, 1.82) is 0 Å². The first-order valence-electron chi connectivity index (χ1n) is 8.79. The van der Waals surface area contributed by atoms with Gasteiger partial charge in [0, 0.05) is 13.0 Å². The second-order valence-electron chi connectivity index (χ2n) is 7.15. The van der Waals surface area contributed by atoms with Gasteiger partial charge in [0.2, 0.25) is 0 Å². The Hall–Kier alpha value is -0.570. The lowest BCUT2D eigenvalue weighted by Crippen LogP contribution is -2.25. The second-order valence-corrected chi connectivity index (χ2v) is 7.15. The predicted octanol–water partition coefficient (Wildman–Crippen LogP) is 4.88. The molecule has 0 spiro atoms. The average molecular weight is 298 g/mol. The zero-order chi connectivity index (χ0) is 15.6. The first-order valence-corrected chi connectivity index (χ1v) is 8.79. The lowest BCUT2D eigenvalue weighted by atomic mass is 9.95. The maximum atomic E-state index is 11.7. The lowest BCUT2D eigenvalue weighted by molar-refractivity contribution is -0.144. The minimum absolute atomic E-state index is 0.0256. The minimum Gasteiger partial charge on any atom is -0.466 e. The van der Waals surface area contributed by atoms with Gasteiger partial charge in [0.05, 0.1) is 12.2 Å². The fraction of sp³-hybridized carbons (Fsp3) is 0.944. The zero-order valence-electron chi connectivity index (χ0n) is 14.3. The number of hydrogen-bond donors (Lipinski definition) is 0. The Morgan fingerprint density at radius 2 is 1.57 bits per heavy atom. The molecule has 1 fully saturated rings. The molecular formula is C18H34O3. The van der Waals surface area contributed by atoms with Gasteiger partial charge in [-0.2, -0.15) is 0 Å². The maximum Gasteiger partial charge on any atom is 0.306 e. The molecule has 1 heterocycles. The molecule has 3 heteroatoms. The molecular weight excluding hydrogens is 264 g/mol. The van der Waals surface area contributed by atoms with E-state index >= 15 is 0 Å². The number of hydrogen-bond acceptors (Lipinski definition) is 3. The standard InChI is InChI=1S/C18H34O3/c1-16-11-10-12-18(2,3)21-14-9-7-5-4-6-8-13-20-17(19)15-16/h16H,4-15H2,1-3H3. The molecule has 0 radical (unpaired) electrons. The molecule has 1 atom stereocenters. The number of cyclic esters (lactones) is 1. The van der Waals surface area contributed by atoms with E-state index in [0.717, 1.165) is 45.1 Å². The molecule has 1 rings (SSSR count). The van der Waals surface area contributed by atoms with Crippen molar-refractivity contribution in [3.8, 4) is 0 Å². The van der Waals surface area contributed by atoms with Gasteiger partial charge in [0.25, 0.3) is 0 Å². The Bertz CT molecular complexity index is 286. The number of carbonyl (C=O) groups is 1. The summed E-state index contributed by atoms with van der Waals surface area (Å²) < 4.78 is 11.3. The summed E-state index contributed by atoms with van der Waals surface area (Å²) in [5.74, 6) is 0.381. The van der Waals surface area contributed by atoms with Gasteiger partial charge in [-0.1, -0.05) is 45.4 Å². The van der Waals surface area contributed by atoms with Gasteiger partial charge in [-0.05, 0) is 39.0 Å². The molecule has 0 bridgehead atoms. The second kappa shape index (κ2) is 10.2. The minimum atomic E-state index is -0.0335. The van der Waals surface area contributed by atoms with Gasteiger partial charge in [0.1, 0.15) is 0 Å². The van der Waals surface area contributed by atoms with Crippen LogP contribution < -0.4 is 0 Å². The first kappa shape index (κ1) is 18.5. The van der Waals surface area contributed by atoms with Crippen LogP contribution in [-0.4, -0.2) is 24.8 Å². The van der Waals surface area contributed by atoms with Crippen LogP contribution in [0.3, 0.4) is 0 Å². The Labute approximate surface area is 130 Å². The van der Waals surface area contributed by atoms with E-state index in [0.29, 0.717) is 18.9 Å². The summed E-state index contributed by atoms with van der Waals surface area (Å²) in [6.07, 6.45) is 10.9. The fourth-order valence-electron chi connectivity index (χ4n) is 2.84. The molecule has 1 aliphatic heterocycles. The van der Waals surface area contributed by atoms with Crippen molar-refractivity contribution >= 4 is 5.97 Å². The quantitative estimate of drug-likeness (QED) is 0.598. The number of carbonyl (C=O) groups excluding carboxylic acids is 1. The van der Waals surface area contributed by atoms with E-state index in [2.05, 4.69) is 20.8 Å². The van der Waals surface area contributed by atoms with Gasteiger partial charge in [-0.25, -0.2) is 0 Å². The molecule has 0 aromatic carbocycles. The van der Waals surface area contributed by atoms with Crippen molar-refractivity contribution in [2.75, 3.05) is 13.2 Å². The first-order chi connectivity index (χ1) is 9.99. The predicted molar refractivity (Wildman–Crippen MR) is 86.3 cm³/mol. The summed E-state index contributed by atoms with van der Waals surface area (Å²) in [6, 6.07) is 0. The highest BCUT2D eigenvalue weighted by molar-refractivity contribution is 5.69. The monoisotopic (exact) mass is 298 g/mol. The normalized spacial score (nSPS) is 27.6. The van der Waals surface area contributed by atoms with Gasteiger partial charge in [-0.15, -0.1) is 0 Å². The Morgan fingerprint density at radius 1 is 0.952 bits per heavy atom. The van der Waals surface area contributed by atoms with E-state index in [9.17, 15) is 4.79 Å². The Kier molecular flexibility index (Phi) is 8.98. The summed E-state index contributed by atoms with van der Waals surface area (Å²) in [4.78, 5) is 11.7. The molecule has 1 unspecified atom stereocenters. The topological polar surface area (TPSA) is 35.5 Å². The van der Waals surface area contributed by atoms with Crippen LogP contribution in [0.5, 0.6) is 0 Å². The SMILES string of the molecule is CC1CCCC(C)(C)OCCCCCCCCOC(=O)C1. The van der Waals surface area contributed by atoms with Crippen LogP contribution in [0.1, 0.15) is 85.0 Å². The summed E-state index contributed by atoms with van der Waals surface area (Å²) in [5, 5.41) is 0. The third kappa shape index (κ3) is 9.89. The van der Waals surface area contributed by atoms with Crippen molar-refractivity contribution in [2.45, 2.75) is 90.6 Å². The number of esters is 1. The Morgan fingerprint density at radius 3 is 2.29 bits per heavy atom. The highest BCUT2D eigenvalue weighted by atomic mass is 16.5. The van der Waals surface area contributed by atoms with E-state index in [1.54, 1.807) is 0 Å². The van der Waals surface area contributed by atoms with E-state index in [1.807, 2.05) is 0 Å². The molecule has 0 amide bonds.